The van der Waals surface area contributed by atoms with Crippen LogP contribution in [0.1, 0.15) is 25.3 Å². The van der Waals surface area contributed by atoms with E-state index >= 15 is 0 Å². The minimum atomic E-state index is -0.698. The summed E-state index contributed by atoms with van der Waals surface area (Å²) >= 11 is 0. The van der Waals surface area contributed by atoms with Crippen molar-refractivity contribution >= 4 is 23.2 Å². The van der Waals surface area contributed by atoms with Gasteiger partial charge < -0.3 is 0 Å². The number of nitrogens with one attached hydrogen (secondary N) is 2. The topological polar surface area (TPSA) is 82.9 Å². The lowest BCUT2D eigenvalue weighted by atomic mass is 9.73. The predicted octanol–water partition coefficient (Wildman–Crippen LogP) is 1.15. The molecule has 3 rings (SSSR count). The normalized spacial score (nSPS) is 25.4. The Morgan fingerprint density at radius 1 is 1.00 bits per heavy atom. The van der Waals surface area contributed by atoms with Crippen LogP contribution >= 0.6 is 0 Å². The van der Waals surface area contributed by atoms with Gasteiger partial charge in [0.05, 0.1) is 11.8 Å². The van der Waals surface area contributed by atoms with Crippen LogP contribution in [-0.4, -0.2) is 23.2 Å². The fraction of sp³-hybridized carbons (Fsp3) is 0.333. The maximum atomic E-state index is 14.3. The molecule has 6 nitrogen and oxygen atoms in total. The zero-order valence-corrected chi connectivity index (χ0v) is 12.1. The number of hydrazone groups is 2. The van der Waals surface area contributed by atoms with Crippen LogP contribution in [0, 0.1) is 17.7 Å². The highest BCUT2D eigenvalue weighted by Gasteiger charge is 2.46. The number of amides is 2. The van der Waals surface area contributed by atoms with Crippen molar-refractivity contribution in [2.24, 2.45) is 22.0 Å². The molecular formula is C15H15FN4O2. The van der Waals surface area contributed by atoms with E-state index in [0.29, 0.717) is 17.0 Å². The summed E-state index contributed by atoms with van der Waals surface area (Å²) in [6.45, 7) is 3.38. The summed E-state index contributed by atoms with van der Waals surface area (Å²) in [4.78, 5) is 24.3. The first-order valence-corrected chi connectivity index (χ1v) is 6.93. The summed E-state index contributed by atoms with van der Waals surface area (Å²) in [5.74, 6) is -3.20. The van der Waals surface area contributed by atoms with Gasteiger partial charge in [-0.1, -0.05) is 18.2 Å². The van der Waals surface area contributed by atoms with Gasteiger partial charge in [0.2, 0.25) is 11.8 Å². The fourth-order valence-electron chi connectivity index (χ4n) is 3.09. The molecule has 0 saturated carbocycles. The van der Waals surface area contributed by atoms with Crippen molar-refractivity contribution < 1.29 is 14.0 Å². The van der Waals surface area contributed by atoms with Crippen molar-refractivity contribution in [3.63, 3.8) is 0 Å². The first kappa shape index (κ1) is 14.4. The molecule has 2 aliphatic heterocycles. The first-order chi connectivity index (χ1) is 10.5. The summed E-state index contributed by atoms with van der Waals surface area (Å²) in [5, 5.41) is 7.84. The Labute approximate surface area is 126 Å². The summed E-state index contributed by atoms with van der Waals surface area (Å²) in [5.41, 5.74) is 6.18. The SMILES string of the molecule is CC1=NNC(=O)C1C(c1ccccc1F)C1C(=O)NN=C1C. The van der Waals surface area contributed by atoms with E-state index in [1.165, 1.54) is 6.07 Å². The minimum absolute atomic E-state index is 0.315. The van der Waals surface area contributed by atoms with Crippen molar-refractivity contribution in [3.05, 3.63) is 35.6 Å². The molecule has 0 radical (unpaired) electrons. The molecule has 0 saturated heterocycles. The van der Waals surface area contributed by atoms with Crippen molar-refractivity contribution in [3.8, 4) is 0 Å². The fourth-order valence-corrected chi connectivity index (χ4v) is 3.09. The molecule has 2 N–H and O–H groups in total. The van der Waals surface area contributed by atoms with Crippen molar-refractivity contribution in [2.45, 2.75) is 19.8 Å². The largest absolute Gasteiger partial charge is 0.272 e. The van der Waals surface area contributed by atoms with E-state index in [4.69, 9.17) is 0 Å². The molecular weight excluding hydrogens is 287 g/mol. The third-order valence-electron chi connectivity index (χ3n) is 4.13. The van der Waals surface area contributed by atoms with Gasteiger partial charge in [-0.25, -0.2) is 15.2 Å². The second-order valence-electron chi connectivity index (χ2n) is 5.46. The summed E-state index contributed by atoms with van der Waals surface area (Å²) in [7, 11) is 0. The van der Waals surface area contributed by atoms with E-state index in [2.05, 4.69) is 21.1 Å². The Balaban J connectivity index is 2.13. The molecule has 22 heavy (non-hydrogen) atoms. The number of halogens is 1. The molecule has 0 bridgehead atoms. The van der Waals surface area contributed by atoms with Gasteiger partial charge in [-0.3, -0.25) is 9.59 Å². The Morgan fingerprint density at radius 3 is 1.91 bits per heavy atom. The molecule has 0 fully saturated rings. The maximum absolute atomic E-state index is 14.3. The van der Waals surface area contributed by atoms with Crippen LogP contribution in [0.2, 0.25) is 0 Å². The third kappa shape index (κ3) is 2.18. The standard InChI is InChI=1S/C15H15FN4O2/c1-7-11(14(21)19-17-7)13(9-5-3-4-6-10(9)16)12-8(2)18-20-15(12)22/h3-6,11-13H,1-2H3,(H,19,21)(H,20,22). The Morgan fingerprint density at radius 2 is 1.50 bits per heavy atom. The van der Waals surface area contributed by atoms with Crippen LogP contribution in [0.5, 0.6) is 0 Å². The summed E-state index contributed by atoms with van der Waals surface area (Å²) in [6, 6.07) is 6.17. The van der Waals surface area contributed by atoms with Crippen LogP contribution < -0.4 is 10.9 Å². The summed E-state index contributed by atoms with van der Waals surface area (Å²) < 4.78 is 14.3. The van der Waals surface area contributed by atoms with Gasteiger partial charge >= 0.3 is 0 Å². The molecule has 2 atom stereocenters. The molecule has 2 aliphatic rings. The van der Waals surface area contributed by atoms with Gasteiger partial charge in [0.1, 0.15) is 5.82 Å². The highest BCUT2D eigenvalue weighted by molar-refractivity contribution is 6.12. The quantitative estimate of drug-likeness (QED) is 0.878. The monoisotopic (exact) mass is 302 g/mol. The second-order valence-corrected chi connectivity index (χ2v) is 5.46. The van der Waals surface area contributed by atoms with Gasteiger partial charge in [0, 0.05) is 17.3 Å². The lowest BCUT2D eigenvalue weighted by Gasteiger charge is -2.27. The van der Waals surface area contributed by atoms with Gasteiger partial charge in [-0.2, -0.15) is 10.2 Å². The number of nitrogens with zero attached hydrogens (tertiary/aromatic N) is 2. The minimum Gasteiger partial charge on any atom is -0.272 e. The van der Waals surface area contributed by atoms with Crippen LogP contribution in [-0.2, 0) is 9.59 Å². The number of hydrogen-bond donors (Lipinski definition) is 2. The molecule has 114 valence electrons. The molecule has 1 aromatic carbocycles. The highest BCUT2D eigenvalue weighted by atomic mass is 19.1. The molecule has 0 aromatic heterocycles. The molecule has 2 amide bonds. The number of benzene rings is 1. The van der Waals surface area contributed by atoms with Crippen LogP contribution in [0.4, 0.5) is 4.39 Å². The Hall–Kier alpha value is -2.57. The van der Waals surface area contributed by atoms with Crippen LogP contribution in [0.15, 0.2) is 34.5 Å². The second kappa shape index (κ2) is 5.32. The van der Waals surface area contributed by atoms with E-state index in [0.717, 1.165) is 0 Å². The van der Waals surface area contributed by atoms with Crippen molar-refractivity contribution in [2.75, 3.05) is 0 Å². The Bertz CT molecular complexity index is 675. The first-order valence-electron chi connectivity index (χ1n) is 6.93. The smallest absolute Gasteiger partial charge is 0.249 e. The van der Waals surface area contributed by atoms with E-state index in [9.17, 15) is 14.0 Å². The molecule has 2 heterocycles. The number of hydrogen-bond acceptors (Lipinski definition) is 4. The zero-order valence-electron chi connectivity index (χ0n) is 12.1. The van der Waals surface area contributed by atoms with E-state index in [-0.39, 0.29) is 11.8 Å². The zero-order chi connectivity index (χ0) is 15.9. The van der Waals surface area contributed by atoms with Crippen LogP contribution in [0.25, 0.3) is 0 Å². The third-order valence-corrected chi connectivity index (χ3v) is 4.13. The molecule has 0 aliphatic carbocycles. The molecule has 2 unspecified atom stereocenters. The molecule has 7 heteroatoms. The number of rotatable bonds is 3. The van der Waals surface area contributed by atoms with Gasteiger partial charge in [-0.15, -0.1) is 0 Å². The average Bonchev–Trinajstić information content (AvgIpc) is 2.99. The molecule has 1 aromatic rings. The predicted molar refractivity (Wildman–Crippen MR) is 78.6 cm³/mol. The maximum Gasteiger partial charge on any atom is 0.249 e. The Kier molecular flexibility index (Phi) is 3.48. The molecule has 0 spiro atoms. The average molecular weight is 302 g/mol. The van der Waals surface area contributed by atoms with Crippen LogP contribution in [0.3, 0.4) is 0 Å². The van der Waals surface area contributed by atoms with Gasteiger partial charge in [0.15, 0.2) is 0 Å². The van der Waals surface area contributed by atoms with Crippen molar-refractivity contribution in [1.29, 1.82) is 0 Å². The lowest BCUT2D eigenvalue weighted by Crippen LogP contribution is -2.38. The highest BCUT2D eigenvalue weighted by Crippen LogP contribution is 2.38. The number of carbonyl (C=O) groups excluding carboxylic acids is 2. The van der Waals surface area contributed by atoms with Gasteiger partial charge in [-0.05, 0) is 25.5 Å². The van der Waals surface area contributed by atoms with Crippen molar-refractivity contribution in [1.82, 2.24) is 10.9 Å². The number of carbonyl (C=O) groups is 2. The lowest BCUT2D eigenvalue weighted by molar-refractivity contribution is -0.125. The van der Waals surface area contributed by atoms with E-state index in [1.807, 2.05) is 0 Å². The van der Waals surface area contributed by atoms with E-state index in [1.54, 1.807) is 32.0 Å². The summed E-state index contributed by atoms with van der Waals surface area (Å²) in [6.07, 6.45) is 0. The van der Waals surface area contributed by atoms with E-state index < -0.39 is 23.6 Å². The van der Waals surface area contributed by atoms with Gasteiger partial charge in [0.25, 0.3) is 0 Å².